The summed E-state index contributed by atoms with van der Waals surface area (Å²) in [4.78, 5) is 0. The molecule has 1 heteroatoms. The van der Waals surface area contributed by atoms with Gasteiger partial charge in [-0.15, -0.1) is 6.58 Å². The Kier molecular flexibility index (Phi) is 3.05. The lowest BCUT2D eigenvalue weighted by Crippen LogP contribution is -2.36. The second kappa shape index (κ2) is 4.28. The van der Waals surface area contributed by atoms with Crippen LogP contribution >= 0.6 is 0 Å². The third-order valence-corrected chi connectivity index (χ3v) is 3.50. The SMILES string of the molecule is C=CC[C@@H]1CC[C@@H]2CCCCC2O1. The molecule has 0 aromatic carbocycles. The zero-order valence-electron chi connectivity index (χ0n) is 8.37. The Balaban J connectivity index is 1.87. The van der Waals surface area contributed by atoms with Crippen LogP contribution in [0.1, 0.15) is 44.9 Å². The van der Waals surface area contributed by atoms with Crippen molar-refractivity contribution in [3.05, 3.63) is 12.7 Å². The van der Waals surface area contributed by atoms with Crippen molar-refractivity contribution in [1.82, 2.24) is 0 Å². The smallest absolute Gasteiger partial charge is 0.0613 e. The van der Waals surface area contributed by atoms with Gasteiger partial charge in [-0.3, -0.25) is 0 Å². The summed E-state index contributed by atoms with van der Waals surface area (Å²) in [5.41, 5.74) is 0. The maximum atomic E-state index is 6.06. The molecule has 0 spiro atoms. The lowest BCUT2D eigenvalue weighted by atomic mass is 9.80. The van der Waals surface area contributed by atoms with Gasteiger partial charge in [0.05, 0.1) is 12.2 Å². The van der Waals surface area contributed by atoms with Crippen LogP contribution in [0.25, 0.3) is 0 Å². The van der Waals surface area contributed by atoms with Crippen molar-refractivity contribution in [2.24, 2.45) is 5.92 Å². The highest BCUT2D eigenvalue weighted by atomic mass is 16.5. The Labute approximate surface area is 81.2 Å². The van der Waals surface area contributed by atoms with Gasteiger partial charge >= 0.3 is 0 Å². The van der Waals surface area contributed by atoms with Crippen LogP contribution in [0.15, 0.2) is 12.7 Å². The van der Waals surface area contributed by atoms with Gasteiger partial charge < -0.3 is 4.74 Å². The van der Waals surface area contributed by atoms with E-state index in [-0.39, 0.29) is 0 Å². The van der Waals surface area contributed by atoms with E-state index in [0.29, 0.717) is 12.2 Å². The Morgan fingerprint density at radius 2 is 2.00 bits per heavy atom. The average molecular weight is 180 g/mol. The Bertz CT molecular complexity index is 176. The summed E-state index contributed by atoms with van der Waals surface area (Å²) in [5.74, 6) is 0.884. The third-order valence-electron chi connectivity index (χ3n) is 3.50. The monoisotopic (exact) mass is 180 g/mol. The summed E-state index contributed by atoms with van der Waals surface area (Å²) in [6.45, 7) is 3.78. The highest BCUT2D eigenvalue weighted by molar-refractivity contribution is 4.85. The summed E-state index contributed by atoms with van der Waals surface area (Å²) >= 11 is 0. The van der Waals surface area contributed by atoms with Gasteiger partial charge in [0.2, 0.25) is 0 Å². The van der Waals surface area contributed by atoms with Crippen molar-refractivity contribution in [1.29, 1.82) is 0 Å². The quantitative estimate of drug-likeness (QED) is 0.592. The van der Waals surface area contributed by atoms with Crippen molar-refractivity contribution in [3.63, 3.8) is 0 Å². The molecule has 0 N–H and O–H groups in total. The minimum absolute atomic E-state index is 0.483. The molecular weight excluding hydrogens is 160 g/mol. The van der Waals surface area contributed by atoms with E-state index in [1.54, 1.807) is 0 Å². The van der Waals surface area contributed by atoms with Crippen molar-refractivity contribution < 1.29 is 4.74 Å². The molecule has 2 aliphatic rings. The summed E-state index contributed by atoms with van der Waals surface area (Å²) in [5, 5.41) is 0. The minimum atomic E-state index is 0.483. The van der Waals surface area contributed by atoms with Gasteiger partial charge in [-0.05, 0) is 38.0 Å². The number of hydrogen-bond acceptors (Lipinski definition) is 1. The average Bonchev–Trinajstić information content (AvgIpc) is 2.18. The Hall–Kier alpha value is -0.300. The van der Waals surface area contributed by atoms with Crippen LogP contribution in [-0.2, 0) is 4.74 Å². The summed E-state index contributed by atoms with van der Waals surface area (Å²) < 4.78 is 6.06. The molecule has 74 valence electrons. The fraction of sp³-hybridized carbons (Fsp3) is 0.833. The molecule has 0 bridgehead atoms. The predicted octanol–water partition coefficient (Wildman–Crippen LogP) is 3.30. The summed E-state index contributed by atoms with van der Waals surface area (Å²) in [6, 6.07) is 0. The molecule has 0 radical (unpaired) electrons. The van der Waals surface area contributed by atoms with Gasteiger partial charge in [-0.25, -0.2) is 0 Å². The zero-order valence-corrected chi connectivity index (χ0v) is 8.37. The van der Waals surface area contributed by atoms with Crippen LogP contribution in [0, 0.1) is 5.92 Å². The Morgan fingerprint density at radius 1 is 1.15 bits per heavy atom. The van der Waals surface area contributed by atoms with E-state index in [0.717, 1.165) is 12.3 Å². The first-order valence-electron chi connectivity index (χ1n) is 5.66. The fourth-order valence-corrected chi connectivity index (χ4v) is 2.76. The first-order valence-corrected chi connectivity index (χ1v) is 5.66. The van der Waals surface area contributed by atoms with Crippen LogP contribution in [0.2, 0.25) is 0 Å². The molecule has 2 fully saturated rings. The van der Waals surface area contributed by atoms with E-state index in [4.69, 9.17) is 4.74 Å². The molecule has 13 heavy (non-hydrogen) atoms. The van der Waals surface area contributed by atoms with E-state index in [2.05, 4.69) is 6.58 Å². The maximum absolute atomic E-state index is 6.06. The molecule has 1 unspecified atom stereocenters. The van der Waals surface area contributed by atoms with E-state index >= 15 is 0 Å². The standard InChI is InChI=1S/C12H20O/c1-2-5-11-9-8-10-6-3-4-7-12(10)13-11/h2,10-12H,1,3-9H2/t10-,11+,12?/m0/s1. The summed E-state index contributed by atoms with van der Waals surface area (Å²) in [6.07, 6.45) is 12.3. The molecule has 3 atom stereocenters. The van der Waals surface area contributed by atoms with Crippen LogP contribution < -0.4 is 0 Å². The van der Waals surface area contributed by atoms with Crippen molar-refractivity contribution in [2.75, 3.05) is 0 Å². The van der Waals surface area contributed by atoms with Gasteiger partial charge in [0.1, 0.15) is 0 Å². The number of hydrogen-bond donors (Lipinski definition) is 0. The number of rotatable bonds is 2. The van der Waals surface area contributed by atoms with E-state index < -0.39 is 0 Å². The highest BCUT2D eigenvalue weighted by Gasteiger charge is 2.32. The fourth-order valence-electron chi connectivity index (χ4n) is 2.76. The first-order chi connectivity index (χ1) is 6.40. The van der Waals surface area contributed by atoms with Crippen LogP contribution in [-0.4, -0.2) is 12.2 Å². The van der Waals surface area contributed by atoms with Crippen molar-refractivity contribution in [3.8, 4) is 0 Å². The van der Waals surface area contributed by atoms with Crippen LogP contribution in [0.5, 0.6) is 0 Å². The van der Waals surface area contributed by atoms with E-state index in [1.807, 2.05) is 6.08 Å². The van der Waals surface area contributed by atoms with E-state index in [9.17, 15) is 0 Å². The third kappa shape index (κ3) is 2.14. The second-order valence-corrected chi connectivity index (χ2v) is 4.44. The molecule has 1 saturated carbocycles. The van der Waals surface area contributed by atoms with Gasteiger partial charge in [0.25, 0.3) is 0 Å². The molecule has 0 amide bonds. The molecule has 2 rings (SSSR count). The summed E-state index contributed by atoms with van der Waals surface area (Å²) in [7, 11) is 0. The second-order valence-electron chi connectivity index (χ2n) is 4.44. The molecular formula is C12H20O. The Morgan fingerprint density at radius 3 is 2.85 bits per heavy atom. The highest BCUT2D eigenvalue weighted by Crippen LogP contribution is 2.36. The molecule has 1 aliphatic heterocycles. The molecule has 0 aromatic rings. The van der Waals surface area contributed by atoms with E-state index in [1.165, 1.54) is 38.5 Å². The molecule has 1 heterocycles. The molecule has 1 saturated heterocycles. The number of fused-ring (bicyclic) bond motifs is 1. The largest absolute Gasteiger partial charge is 0.374 e. The maximum Gasteiger partial charge on any atom is 0.0613 e. The van der Waals surface area contributed by atoms with Gasteiger partial charge in [-0.2, -0.15) is 0 Å². The van der Waals surface area contributed by atoms with Gasteiger partial charge in [-0.1, -0.05) is 18.9 Å². The minimum Gasteiger partial charge on any atom is -0.374 e. The van der Waals surface area contributed by atoms with Gasteiger partial charge in [0.15, 0.2) is 0 Å². The number of ether oxygens (including phenoxy) is 1. The predicted molar refractivity (Wildman–Crippen MR) is 54.7 cm³/mol. The van der Waals surface area contributed by atoms with Crippen molar-refractivity contribution in [2.45, 2.75) is 57.2 Å². The lowest BCUT2D eigenvalue weighted by Gasteiger charge is -2.39. The molecule has 0 aromatic heterocycles. The van der Waals surface area contributed by atoms with Crippen LogP contribution in [0.3, 0.4) is 0 Å². The van der Waals surface area contributed by atoms with Crippen LogP contribution in [0.4, 0.5) is 0 Å². The zero-order chi connectivity index (χ0) is 9.10. The molecule has 1 nitrogen and oxygen atoms in total. The topological polar surface area (TPSA) is 9.23 Å². The normalized spacial score (nSPS) is 39.5. The first kappa shape index (κ1) is 9.26. The molecule has 1 aliphatic carbocycles. The van der Waals surface area contributed by atoms with Gasteiger partial charge in [0, 0.05) is 0 Å². The lowest BCUT2D eigenvalue weighted by molar-refractivity contribution is -0.0967. The van der Waals surface area contributed by atoms with Crippen molar-refractivity contribution >= 4 is 0 Å².